The average molecular weight is 361 g/mol. The van der Waals surface area contributed by atoms with Gasteiger partial charge in [0.2, 0.25) is 0 Å². The van der Waals surface area contributed by atoms with E-state index < -0.39 is 0 Å². The van der Waals surface area contributed by atoms with Crippen LogP contribution in [0.15, 0.2) is 66.2 Å². The van der Waals surface area contributed by atoms with E-state index >= 15 is 0 Å². The summed E-state index contributed by atoms with van der Waals surface area (Å²) in [6.45, 7) is 3.20. The predicted molar refractivity (Wildman–Crippen MR) is 106 cm³/mol. The summed E-state index contributed by atoms with van der Waals surface area (Å²) >= 11 is 1.66. The quantitative estimate of drug-likeness (QED) is 0.573. The SMILES string of the molecule is Cc1ccccc1Cn1c(C(=O)NCc2ccccn2)cc2sccc21. The molecule has 0 fully saturated rings. The Hall–Kier alpha value is -2.92. The zero-order valence-corrected chi connectivity index (χ0v) is 15.3. The van der Waals surface area contributed by atoms with Crippen molar-refractivity contribution in [3.63, 3.8) is 0 Å². The van der Waals surface area contributed by atoms with Crippen molar-refractivity contribution in [3.8, 4) is 0 Å². The number of thiophene rings is 1. The number of pyridine rings is 1. The second kappa shape index (κ2) is 7.14. The molecular formula is C21H19N3OS. The summed E-state index contributed by atoms with van der Waals surface area (Å²) in [6, 6.07) is 18.0. The van der Waals surface area contributed by atoms with Crippen LogP contribution in [-0.2, 0) is 13.1 Å². The number of aromatic nitrogens is 2. The Morgan fingerprint density at radius 1 is 1.15 bits per heavy atom. The molecule has 0 unspecified atom stereocenters. The van der Waals surface area contributed by atoms with Gasteiger partial charge in [0.25, 0.3) is 5.91 Å². The molecule has 0 spiro atoms. The van der Waals surface area contributed by atoms with Crippen molar-refractivity contribution in [1.29, 1.82) is 0 Å². The summed E-state index contributed by atoms with van der Waals surface area (Å²) in [7, 11) is 0. The number of nitrogens with one attached hydrogen (secondary N) is 1. The third kappa shape index (κ3) is 3.26. The van der Waals surface area contributed by atoms with E-state index in [1.807, 2.05) is 36.4 Å². The molecule has 1 aromatic carbocycles. The van der Waals surface area contributed by atoms with Crippen LogP contribution in [0.4, 0.5) is 0 Å². The highest BCUT2D eigenvalue weighted by Crippen LogP contribution is 2.27. The number of fused-ring (bicyclic) bond motifs is 1. The molecule has 1 amide bonds. The lowest BCUT2D eigenvalue weighted by molar-refractivity contribution is 0.0942. The van der Waals surface area contributed by atoms with Crippen LogP contribution in [0.1, 0.15) is 27.3 Å². The van der Waals surface area contributed by atoms with Gasteiger partial charge in [0.15, 0.2) is 0 Å². The predicted octanol–water partition coefficient (Wildman–Crippen LogP) is 4.38. The van der Waals surface area contributed by atoms with Crippen LogP contribution in [0.25, 0.3) is 10.2 Å². The highest BCUT2D eigenvalue weighted by molar-refractivity contribution is 7.17. The summed E-state index contributed by atoms with van der Waals surface area (Å²) < 4.78 is 3.23. The van der Waals surface area contributed by atoms with Gasteiger partial charge in [0.1, 0.15) is 5.69 Å². The van der Waals surface area contributed by atoms with Gasteiger partial charge in [0.05, 0.1) is 22.5 Å². The summed E-state index contributed by atoms with van der Waals surface area (Å²) in [6.07, 6.45) is 1.73. The number of aryl methyl sites for hydroxylation is 1. The van der Waals surface area contributed by atoms with Crippen molar-refractivity contribution < 1.29 is 4.79 Å². The zero-order chi connectivity index (χ0) is 17.9. The second-order valence-electron chi connectivity index (χ2n) is 6.22. The minimum atomic E-state index is -0.0763. The molecule has 0 aliphatic rings. The molecule has 4 aromatic rings. The first-order valence-electron chi connectivity index (χ1n) is 8.52. The van der Waals surface area contributed by atoms with Crippen LogP contribution < -0.4 is 5.32 Å². The maximum Gasteiger partial charge on any atom is 0.268 e. The van der Waals surface area contributed by atoms with Crippen LogP contribution in [0.5, 0.6) is 0 Å². The fraction of sp³-hybridized carbons (Fsp3) is 0.143. The van der Waals surface area contributed by atoms with E-state index in [4.69, 9.17) is 0 Å². The standard InChI is InChI=1S/C21H19N3OS/c1-15-6-2-3-7-16(15)14-24-18-9-11-26-20(18)12-19(24)21(25)23-13-17-8-4-5-10-22-17/h2-12H,13-14H2,1H3,(H,23,25). The van der Waals surface area contributed by atoms with E-state index in [-0.39, 0.29) is 5.91 Å². The Bertz CT molecular complexity index is 1050. The molecule has 26 heavy (non-hydrogen) atoms. The van der Waals surface area contributed by atoms with Gasteiger partial charge in [-0.05, 0) is 47.7 Å². The monoisotopic (exact) mass is 361 g/mol. The van der Waals surface area contributed by atoms with Gasteiger partial charge in [-0.3, -0.25) is 9.78 Å². The molecular weight excluding hydrogens is 342 g/mol. The molecule has 0 radical (unpaired) electrons. The van der Waals surface area contributed by atoms with Crippen molar-refractivity contribution in [1.82, 2.24) is 14.9 Å². The minimum Gasteiger partial charge on any atom is -0.345 e. The number of carbonyl (C=O) groups excluding carboxylic acids is 1. The van der Waals surface area contributed by atoms with E-state index in [0.717, 1.165) is 15.9 Å². The Balaban J connectivity index is 1.63. The lowest BCUT2D eigenvalue weighted by Crippen LogP contribution is -2.26. The largest absolute Gasteiger partial charge is 0.345 e. The van der Waals surface area contributed by atoms with Crippen LogP contribution >= 0.6 is 11.3 Å². The second-order valence-corrected chi connectivity index (χ2v) is 7.16. The van der Waals surface area contributed by atoms with Gasteiger partial charge in [0, 0.05) is 12.7 Å². The molecule has 1 N–H and O–H groups in total. The van der Waals surface area contributed by atoms with Crippen LogP contribution in [0.3, 0.4) is 0 Å². The fourth-order valence-electron chi connectivity index (χ4n) is 3.06. The molecule has 4 rings (SSSR count). The Labute approximate surface area is 156 Å². The van der Waals surface area contributed by atoms with Gasteiger partial charge < -0.3 is 9.88 Å². The Kier molecular flexibility index (Phi) is 4.54. The number of benzene rings is 1. The molecule has 4 nitrogen and oxygen atoms in total. The average Bonchev–Trinajstić information content (AvgIpc) is 3.25. The normalized spacial score (nSPS) is 11.0. The third-order valence-electron chi connectivity index (χ3n) is 4.50. The van der Waals surface area contributed by atoms with E-state index in [1.165, 1.54) is 11.1 Å². The van der Waals surface area contributed by atoms with Gasteiger partial charge in [-0.2, -0.15) is 0 Å². The lowest BCUT2D eigenvalue weighted by atomic mass is 10.1. The van der Waals surface area contributed by atoms with Crippen molar-refractivity contribution in [2.24, 2.45) is 0 Å². The molecule has 0 bridgehead atoms. The van der Waals surface area contributed by atoms with Crippen molar-refractivity contribution in [2.75, 3.05) is 0 Å². The van der Waals surface area contributed by atoms with Crippen LogP contribution in [0, 0.1) is 6.92 Å². The van der Waals surface area contributed by atoms with Gasteiger partial charge in [-0.25, -0.2) is 0 Å². The summed E-state index contributed by atoms with van der Waals surface area (Å²) in [5, 5.41) is 5.05. The van der Waals surface area contributed by atoms with Crippen LogP contribution in [0.2, 0.25) is 0 Å². The smallest absolute Gasteiger partial charge is 0.268 e. The highest BCUT2D eigenvalue weighted by Gasteiger charge is 2.17. The maximum atomic E-state index is 12.8. The first-order chi connectivity index (χ1) is 12.7. The van der Waals surface area contributed by atoms with Crippen molar-refractivity contribution in [2.45, 2.75) is 20.0 Å². The molecule has 130 valence electrons. The molecule has 5 heteroatoms. The maximum absolute atomic E-state index is 12.8. The van der Waals surface area contributed by atoms with E-state index in [9.17, 15) is 4.79 Å². The third-order valence-corrected chi connectivity index (χ3v) is 5.35. The van der Waals surface area contributed by atoms with E-state index in [0.29, 0.717) is 18.8 Å². The summed E-state index contributed by atoms with van der Waals surface area (Å²) in [5.41, 5.74) is 5.08. The number of carbonyl (C=O) groups is 1. The number of amides is 1. The number of rotatable bonds is 5. The number of nitrogens with zero attached hydrogens (tertiary/aromatic N) is 2. The van der Waals surface area contributed by atoms with Gasteiger partial charge in [-0.15, -0.1) is 11.3 Å². The van der Waals surface area contributed by atoms with E-state index in [2.05, 4.69) is 45.4 Å². The minimum absolute atomic E-state index is 0.0763. The summed E-state index contributed by atoms with van der Waals surface area (Å²) in [5.74, 6) is -0.0763. The number of hydrogen-bond donors (Lipinski definition) is 1. The Morgan fingerprint density at radius 3 is 2.81 bits per heavy atom. The molecule has 3 heterocycles. The number of hydrogen-bond acceptors (Lipinski definition) is 3. The van der Waals surface area contributed by atoms with Gasteiger partial charge in [-0.1, -0.05) is 30.3 Å². The molecule has 0 aliphatic heterocycles. The zero-order valence-electron chi connectivity index (χ0n) is 14.5. The Morgan fingerprint density at radius 2 is 2.00 bits per heavy atom. The molecule has 0 atom stereocenters. The topological polar surface area (TPSA) is 46.9 Å². The fourth-order valence-corrected chi connectivity index (χ4v) is 3.88. The van der Waals surface area contributed by atoms with Crippen LogP contribution in [-0.4, -0.2) is 15.5 Å². The van der Waals surface area contributed by atoms with E-state index in [1.54, 1.807) is 17.5 Å². The van der Waals surface area contributed by atoms with Gasteiger partial charge >= 0.3 is 0 Å². The molecule has 0 saturated carbocycles. The first-order valence-corrected chi connectivity index (χ1v) is 9.39. The highest BCUT2D eigenvalue weighted by atomic mass is 32.1. The first kappa shape index (κ1) is 16.5. The molecule has 3 aromatic heterocycles. The lowest BCUT2D eigenvalue weighted by Gasteiger charge is -2.12. The van der Waals surface area contributed by atoms with Crippen molar-refractivity contribution in [3.05, 3.63) is 88.7 Å². The molecule has 0 aliphatic carbocycles. The molecule has 0 saturated heterocycles. The summed E-state index contributed by atoms with van der Waals surface area (Å²) in [4.78, 5) is 17.1. The van der Waals surface area contributed by atoms with Crippen molar-refractivity contribution >= 4 is 27.5 Å².